The SMILES string of the molecule is NCCC(O)CNC[C@H]1O[C@H](OC2[C@@H](N)C[C@@H](NC(=O)[C@@H](O)CCN)[C@H](O[C@H]3O[C@H](CO)[C@@H](O)[C@H](N)[C@H]3O)[C@H]2O)[C@H](O)[C@@H](O)[C@@H]1O. The van der Waals surface area contributed by atoms with Gasteiger partial charge in [0.25, 0.3) is 0 Å². The lowest BCUT2D eigenvalue weighted by Gasteiger charge is -2.49. The Morgan fingerprint density at radius 1 is 0.804 bits per heavy atom. The van der Waals surface area contributed by atoms with Gasteiger partial charge in [0.15, 0.2) is 12.6 Å². The summed E-state index contributed by atoms with van der Waals surface area (Å²) in [5.74, 6) is -0.858. The van der Waals surface area contributed by atoms with Crippen molar-refractivity contribution in [1.82, 2.24) is 10.6 Å². The molecular weight excluding hydrogens is 620 g/mol. The molecule has 46 heavy (non-hydrogen) atoms. The molecule has 1 aliphatic carbocycles. The van der Waals surface area contributed by atoms with E-state index in [9.17, 15) is 50.8 Å². The van der Waals surface area contributed by atoms with E-state index in [0.717, 1.165) is 0 Å². The molecule has 270 valence electrons. The minimum atomic E-state index is -1.80. The van der Waals surface area contributed by atoms with Crippen molar-refractivity contribution in [3.05, 3.63) is 0 Å². The van der Waals surface area contributed by atoms with Crippen molar-refractivity contribution >= 4 is 5.91 Å². The van der Waals surface area contributed by atoms with Crippen LogP contribution in [-0.2, 0) is 23.7 Å². The summed E-state index contributed by atoms with van der Waals surface area (Å²) in [6.45, 7) is -0.422. The molecule has 0 bridgehead atoms. The Balaban J connectivity index is 1.80. The second-order valence-electron chi connectivity index (χ2n) is 12.0. The molecule has 0 spiro atoms. The van der Waals surface area contributed by atoms with Gasteiger partial charge in [-0.25, -0.2) is 0 Å². The highest BCUT2D eigenvalue weighted by atomic mass is 16.7. The van der Waals surface area contributed by atoms with E-state index in [0.29, 0.717) is 6.42 Å². The Bertz CT molecular complexity index is 930. The fourth-order valence-electron chi connectivity index (χ4n) is 5.73. The average Bonchev–Trinajstić information content (AvgIpc) is 3.01. The number of carbonyl (C=O) groups excluding carboxylic acids is 1. The van der Waals surface area contributed by atoms with Crippen LogP contribution in [0.2, 0.25) is 0 Å². The number of hydrogen-bond donors (Lipinski definition) is 15. The first-order chi connectivity index (χ1) is 21.7. The summed E-state index contributed by atoms with van der Waals surface area (Å²) in [4.78, 5) is 12.7. The lowest BCUT2D eigenvalue weighted by Crippen LogP contribution is -2.69. The van der Waals surface area contributed by atoms with Crippen LogP contribution < -0.4 is 33.6 Å². The fraction of sp³-hybridized carbons (Fsp3) is 0.962. The van der Waals surface area contributed by atoms with Crippen LogP contribution in [0.5, 0.6) is 0 Å². The first kappa shape index (κ1) is 39.2. The fourth-order valence-corrected chi connectivity index (χ4v) is 5.73. The molecule has 0 aromatic rings. The summed E-state index contributed by atoms with van der Waals surface area (Å²) >= 11 is 0. The molecule has 0 radical (unpaired) electrons. The number of nitrogens with one attached hydrogen (secondary N) is 2. The molecule has 19 N–H and O–H groups in total. The van der Waals surface area contributed by atoms with Gasteiger partial charge < -0.3 is 98.5 Å². The zero-order chi connectivity index (χ0) is 34.3. The van der Waals surface area contributed by atoms with Gasteiger partial charge in [-0.1, -0.05) is 0 Å². The first-order valence-electron chi connectivity index (χ1n) is 15.3. The Morgan fingerprint density at radius 2 is 1.41 bits per heavy atom. The molecule has 17 atom stereocenters. The molecule has 20 nitrogen and oxygen atoms in total. The third kappa shape index (κ3) is 9.46. The summed E-state index contributed by atoms with van der Waals surface area (Å²) in [6.07, 6.45) is -20.7. The number of amides is 1. The van der Waals surface area contributed by atoms with E-state index in [4.69, 9.17) is 41.9 Å². The smallest absolute Gasteiger partial charge is 0.249 e. The van der Waals surface area contributed by atoms with E-state index in [1.54, 1.807) is 0 Å². The molecular formula is C26H52N6O14. The number of ether oxygens (including phenoxy) is 4. The Labute approximate surface area is 265 Å². The van der Waals surface area contributed by atoms with Crippen LogP contribution in [0.1, 0.15) is 19.3 Å². The van der Waals surface area contributed by atoms with Crippen molar-refractivity contribution in [2.45, 2.75) is 123 Å². The lowest BCUT2D eigenvalue weighted by atomic mass is 9.83. The maximum Gasteiger partial charge on any atom is 0.249 e. The zero-order valence-corrected chi connectivity index (χ0v) is 25.3. The number of hydrogen-bond acceptors (Lipinski definition) is 19. The molecule has 2 heterocycles. The maximum atomic E-state index is 12.7. The van der Waals surface area contributed by atoms with Crippen molar-refractivity contribution in [3.8, 4) is 0 Å². The Kier molecular flexibility index (Phi) is 15.3. The van der Waals surface area contributed by atoms with Gasteiger partial charge in [-0.15, -0.1) is 0 Å². The van der Waals surface area contributed by atoms with Crippen LogP contribution >= 0.6 is 0 Å². The predicted molar refractivity (Wildman–Crippen MR) is 155 cm³/mol. The third-order valence-electron chi connectivity index (χ3n) is 8.50. The minimum absolute atomic E-state index is 0.00281. The highest BCUT2D eigenvalue weighted by Crippen LogP contribution is 2.32. The quantitative estimate of drug-likeness (QED) is 0.0767. The van der Waals surface area contributed by atoms with Crippen LogP contribution in [0.15, 0.2) is 0 Å². The van der Waals surface area contributed by atoms with Crippen molar-refractivity contribution in [2.75, 3.05) is 32.8 Å². The molecule has 0 aromatic heterocycles. The molecule has 1 saturated carbocycles. The Morgan fingerprint density at radius 3 is 2.04 bits per heavy atom. The van der Waals surface area contributed by atoms with Gasteiger partial charge in [-0.2, -0.15) is 0 Å². The van der Waals surface area contributed by atoms with E-state index < -0.39 is 116 Å². The summed E-state index contributed by atoms with van der Waals surface area (Å²) in [7, 11) is 0. The minimum Gasteiger partial charge on any atom is -0.394 e. The predicted octanol–water partition coefficient (Wildman–Crippen LogP) is -9.08. The third-order valence-corrected chi connectivity index (χ3v) is 8.50. The summed E-state index contributed by atoms with van der Waals surface area (Å²) < 4.78 is 23.0. The van der Waals surface area contributed by atoms with E-state index in [2.05, 4.69) is 10.6 Å². The largest absolute Gasteiger partial charge is 0.394 e. The van der Waals surface area contributed by atoms with Gasteiger partial charge in [0.2, 0.25) is 5.91 Å². The first-order valence-corrected chi connectivity index (χ1v) is 15.3. The number of carbonyl (C=O) groups is 1. The molecule has 3 fully saturated rings. The maximum absolute atomic E-state index is 12.7. The highest BCUT2D eigenvalue weighted by Gasteiger charge is 2.52. The second-order valence-corrected chi connectivity index (χ2v) is 12.0. The summed E-state index contributed by atoms with van der Waals surface area (Å²) in [5.41, 5.74) is 23.1. The van der Waals surface area contributed by atoms with Gasteiger partial charge in [0.1, 0.15) is 67.1 Å². The lowest BCUT2D eigenvalue weighted by molar-refractivity contribution is -0.333. The van der Waals surface area contributed by atoms with Crippen LogP contribution in [-0.4, -0.2) is 189 Å². The monoisotopic (exact) mass is 672 g/mol. The van der Waals surface area contributed by atoms with E-state index in [1.807, 2.05) is 0 Å². The standard InChI is InChI=1S/C26H52N6O14/c27-3-1-9(34)6-31-7-13-17(37)19(39)20(40)26(43-13)45-22-10(29)5-11(32-24(42)12(35)2-4-28)23(21(22)41)46-25-18(38)15(30)16(36)14(8-33)44-25/h9-23,25-26,31,33-41H,1-8,27-30H2,(H,32,42)/t9?,10-,11+,12-,13+,14+,15-,16+,17+,18+,19-,20+,21-,22?,23-,25+,26+/m0/s1. The number of nitrogens with two attached hydrogens (primary N) is 4. The number of rotatable bonds is 15. The van der Waals surface area contributed by atoms with E-state index in [1.165, 1.54) is 0 Å². The van der Waals surface area contributed by atoms with E-state index in [-0.39, 0.29) is 39.0 Å². The van der Waals surface area contributed by atoms with Gasteiger partial charge in [-0.3, -0.25) is 4.79 Å². The van der Waals surface area contributed by atoms with Crippen LogP contribution in [0, 0.1) is 0 Å². The molecule has 2 saturated heterocycles. The Hall–Kier alpha value is -1.25. The van der Waals surface area contributed by atoms with Crippen molar-refractivity contribution in [2.24, 2.45) is 22.9 Å². The molecule has 3 rings (SSSR count). The molecule has 1 amide bonds. The zero-order valence-electron chi connectivity index (χ0n) is 25.3. The normalized spacial score (nSPS) is 43.2. The van der Waals surface area contributed by atoms with Crippen molar-refractivity contribution in [3.63, 3.8) is 0 Å². The summed E-state index contributed by atoms with van der Waals surface area (Å²) in [6, 6.07) is -3.54. The van der Waals surface area contributed by atoms with Gasteiger partial charge in [0.05, 0.1) is 24.8 Å². The van der Waals surface area contributed by atoms with Crippen molar-refractivity contribution in [1.29, 1.82) is 0 Å². The highest BCUT2D eigenvalue weighted by molar-refractivity contribution is 5.80. The van der Waals surface area contributed by atoms with Gasteiger partial charge >= 0.3 is 0 Å². The van der Waals surface area contributed by atoms with Gasteiger partial charge in [-0.05, 0) is 32.4 Å². The van der Waals surface area contributed by atoms with Crippen LogP contribution in [0.3, 0.4) is 0 Å². The van der Waals surface area contributed by atoms with Gasteiger partial charge in [0, 0.05) is 19.1 Å². The molecule has 2 unspecified atom stereocenters. The number of aliphatic hydroxyl groups excluding tert-OH is 9. The summed E-state index contributed by atoms with van der Waals surface area (Å²) in [5, 5.41) is 99.1. The van der Waals surface area contributed by atoms with Crippen LogP contribution in [0.25, 0.3) is 0 Å². The topological polar surface area (TPSA) is 364 Å². The molecule has 2 aliphatic heterocycles. The molecule has 3 aliphatic rings. The van der Waals surface area contributed by atoms with E-state index >= 15 is 0 Å². The molecule has 0 aromatic carbocycles. The number of aliphatic hydroxyl groups is 9. The average molecular weight is 673 g/mol. The van der Waals surface area contributed by atoms with Crippen LogP contribution in [0.4, 0.5) is 0 Å². The second kappa shape index (κ2) is 17.9. The molecule has 20 heteroatoms. The van der Waals surface area contributed by atoms with Crippen molar-refractivity contribution < 1.29 is 69.7 Å².